The van der Waals surface area contributed by atoms with E-state index in [1.165, 1.54) is 6.92 Å². The van der Waals surface area contributed by atoms with Crippen LogP contribution in [0, 0.1) is 0 Å². The van der Waals surface area contributed by atoms with Crippen LogP contribution in [0.3, 0.4) is 0 Å². The summed E-state index contributed by atoms with van der Waals surface area (Å²) in [5.41, 5.74) is 0.581. The average Bonchev–Trinajstić information content (AvgIpc) is 2.64. The molecule has 0 saturated carbocycles. The molecule has 0 radical (unpaired) electrons. The van der Waals surface area contributed by atoms with Crippen LogP contribution in [-0.2, 0) is 14.3 Å². The Bertz CT molecular complexity index is 746. The van der Waals surface area contributed by atoms with Crippen molar-refractivity contribution in [2.45, 2.75) is 26.1 Å². The second-order valence-corrected chi connectivity index (χ2v) is 6.43. The minimum atomic E-state index is -0.958. The summed E-state index contributed by atoms with van der Waals surface area (Å²) in [6, 6.07) is 13.9. The zero-order valence-corrected chi connectivity index (χ0v) is 16.3. The Hall–Kier alpha value is -2.54. The van der Waals surface area contributed by atoms with Crippen LogP contribution in [0.2, 0.25) is 0 Å². The van der Waals surface area contributed by atoms with E-state index < -0.39 is 24.1 Å². The van der Waals surface area contributed by atoms with E-state index in [-0.39, 0.29) is 0 Å². The minimum absolute atomic E-state index is 0.431. The number of hydrogen-bond donors (Lipinski definition) is 1. The van der Waals surface area contributed by atoms with Gasteiger partial charge in [0.05, 0.1) is 7.11 Å². The van der Waals surface area contributed by atoms with Crippen molar-refractivity contribution in [1.82, 2.24) is 0 Å². The van der Waals surface area contributed by atoms with Gasteiger partial charge in [-0.2, -0.15) is 0 Å². The Kier molecular flexibility index (Phi) is 7.03. The van der Waals surface area contributed by atoms with Crippen LogP contribution in [0.5, 0.6) is 11.5 Å². The van der Waals surface area contributed by atoms with Crippen molar-refractivity contribution < 1.29 is 23.8 Å². The van der Waals surface area contributed by atoms with Gasteiger partial charge in [0, 0.05) is 10.2 Å². The molecule has 26 heavy (non-hydrogen) atoms. The first-order chi connectivity index (χ1) is 12.4. The fourth-order valence-electron chi connectivity index (χ4n) is 2.01. The van der Waals surface area contributed by atoms with E-state index in [0.29, 0.717) is 17.2 Å². The summed E-state index contributed by atoms with van der Waals surface area (Å²) < 4.78 is 16.7. The van der Waals surface area contributed by atoms with Crippen molar-refractivity contribution in [3.8, 4) is 11.5 Å². The molecule has 0 aliphatic carbocycles. The number of ether oxygens (including phenoxy) is 3. The van der Waals surface area contributed by atoms with Gasteiger partial charge in [-0.25, -0.2) is 4.79 Å². The van der Waals surface area contributed by atoms with E-state index >= 15 is 0 Å². The van der Waals surface area contributed by atoms with Gasteiger partial charge in [0.2, 0.25) is 0 Å². The second kappa shape index (κ2) is 9.24. The van der Waals surface area contributed by atoms with Gasteiger partial charge in [-0.3, -0.25) is 4.79 Å². The number of rotatable bonds is 7. The van der Waals surface area contributed by atoms with Crippen LogP contribution in [0.4, 0.5) is 5.69 Å². The van der Waals surface area contributed by atoms with Gasteiger partial charge in [0.25, 0.3) is 5.91 Å². The molecule has 2 aromatic carbocycles. The Morgan fingerprint density at radius 2 is 1.50 bits per heavy atom. The molecule has 0 saturated heterocycles. The molecule has 6 nitrogen and oxygen atoms in total. The fourth-order valence-corrected chi connectivity index (χ4v) is 2.27. The van der Waals surface area contributed by atoms with Crippen molar-refractivity contribution in [1.29, 1.82) is 0 Å². The molecule has 0 fully saturated rings. The highest BCUT2D eigenvalue weighted by atomic mass is 79.9. The number of esters is 1. The van der Waals surface area contributed by atoms with Crippen molar-refractivity contribution in [2.24, 2.45) is 0 Å². The van der Waals surface area contributed by atoms with Gasteiger partial charge in [0.1, 0.15) is 11.5 Å². The predicted octanol–water partition coefficient (Wildman–Crippen LogP) is 3.80. The van der Waals surface area contributed by atoms with Gasteiger partial charge in [0.15, 0.2) is 12.2 Å². The van der Waals surface area contributed by atoms with Gasteiger partial charge in [-0.05, 0) is 62.4 Å². The Morgan fingerprint density at radius 1 is 0.923 bits per heavy atom. The van der Waals surface area contributed by atoms with Gasteiger partial charge in [-0.1, -0.05) is 15.9 Å². The SMILES string of the molecule is COc1ccc(NC(=O)C(C)OC(=O)C(C)Oc2ccc(Br)cc2)cc1. The van der Waals surface area contributed by atoms with E-state index in [0.717, 1.165) is 4.47 Å². The van der Waals surface area contributed by atoms with Crippen LogP contribution >= 0.6 is 15.9 Å². The third-order valence-electron chi connectivity index (χ3n) is 3.48. The molecule has 7 heteroatoms. The lowest BCUT2D eigenvalue weighted by Gasteiger charge is -2.18. The number of methoxy groups -OCH3 is 1. The summed E-state index contributed by atoms with van der Waals surface area (Å²) >= 11 is 3.33. The zero-order valence-electron chi connectivity index (χ0n) is 14.7. The topological polar surface area (TPSA) is 73.9 Å². The maximum absolute atomic E-state index is 12.2. The lowest BCUT2D eigenvalue weighted by Crippen LogP contribution is -2.35. The van der Waals surface area contributed by atoms with Crippen molar-refractivity contribution in [3.05, 3.63) is 53.0 Å². The fraction of sp³-hybridized carbons (Fsp3) is 0.263. The molecule has 138 valence electrons. The van der Waals surface area contributed by atoms with Crippen molar-refractivity contribution in [3.63, 3.8) is 0 Å². The summed E-state index contributed by atoms with van der Waals surface area (Å²) in [6.45, 7) is 3.07. The predicted molar refractivity (Wildman–Crippen MR) is 101 cm³/mol. The molecule has 0 aromatic heterocycles. The van der Waals surface area contributed by atoms with Gasteiger partial charge < -0.3 is 19.5 Å². The van der Waals surface area contributed by atoms with E-state index in [2.05, 4.69) is 21.2 Å². The van der Waals surface area contributed by atoms with Crippen LogP contribution < -0.4 is 14.8 Å². The molecule has 2 atom stereocenters. The minimum Gasteiger partial charge on any atom is -0.497 e. The largest absolute Gasteiger partial charge is 0.497 e. The summed E-state index contributed by atoms with van der Waals surface area (Å²) in [6.07, 6.45) is -1.80. The zero-order chi connectivity index (χ0) is 19.1. The summed E-state index contributed by atoms with van der Waals surface area (Å²) in [5.74, 6) is 0.166. The monoisotopic (exact) mass is 421 g/mol. The van der Waals surface area contributed by atoms with Crippen LogP contribution in [-0.4, -0.2) is 31.2 Å². The van der Waals surface area contributed by atoms with E-state index in [4.69, 9.17) is 14.2 Å². The summed E-state index contributed by atoms with van der Waals surface area (Å²) in [4.78, 5) is 24.3. The summed E-state index contributed by atoms with van der Waals surface area (Å²) in [5, 5.41) is 2.68. The Balaban J connectivity index is 1.86. The number of carbonyl (C=O) groups is 2. The second-order valence-electron chi connectivity index (χ2n) is 5.51. The summed E-state index contributed by atoms with van der Waals surface area (Å²) in [7, 11) is 1.56. The molecule has 0 bridgehead atoms. The van der Waals surface area contributed by atoms with Crippen LogP contribution in [0.15, 0.2) is 53.0 Å². The Morgan fingerprint density at radius 3 is 2.08 bits per heavy atom. The lowest BCUT2D eigenvalue weighted by atomic mass is 10.3. The number of benzene rings is 2. The number of amides is 1. The Labute approximate surface area is 160 Å². The number of halogens is 1. The quantitative estimate of drug-likeness (QED) is 0.688. The highest BCUT2D eigenvalue weighted by Gasteiger charge is 2.23. The maximum atomic E-state index is 12.2. The van der Waals surface area contributed by atoms with Crippen LogP contribution in [0.25, 0.3) is 0 Å². The molecule has 0 heterocycles. The maximum Gasteiger partial charge on any atom is 0.347 e. The molecule has 0 spiro atoms. The normalized spacial score (nSPS) is 12.6. The standard InChI is InChI=1S/C19H20BrNO5/c1-12(18(22)21-15-6-10-16(24-3)11-7-15)26-19(23)13(2)25-17-8-4-14(20)5-9-17/h4-13H,1-3H3,(H,21,22). The van der Waals surface area contributed by atoms with Crippen molar-refractivity contribution in [2.75, 3.05) is 12.4 Å². The third-order valence-corrected chi connectivity index (χ3v) is 4.01. The number of nitrogens with one attached hydrogen (secondary N) is 1. The molecule has 2 rings (SSSR count). The van der Waals surface area contributed by atoms with E-state index in [1.54, 1.807) is 62.6 Å². The molecule has 1 amide bonds. The highest BCUT2D eigenvalue weighted by Crippen LogP contribution is 2.18. The van der Waals surface area contributed by atoms with E-state index in [9.17, 15) is 9.59 Å². The number of hydrogen-bond acceptors (Lipinski definition) is 5. The molecular weight excluding hydrogens is 402 g/mol. The van der Waals surface area contributed by atoms with Crippen LogP contribution in [0.1, 0.15) is 13.8 Å². The lowest BCUT2D eigenvalue weighted by molar-refractivity contribution is -0.159. The van der Waals surface area contributed by atoms with Crippen molar-refractivity contribution >= 4 is 33.5 Å². The number of anilines is 1. The molecule has 2 aromatic rings. The third kappa shape index (κ3) is 5.77. The molecular formula is C19H20BrNO5. The van der Waals surface area contributed by atoms with E-state index in [1.807, 2.05) is 0 Å². The first-order valence-electron chi connectivity index (χ1n) is 7.96. The molecule has 0 aliphatic heterocycles. The smallest absolute Gasteiger partial charge is 0.347 e. The van der Waals surface area contributed by atoms with Gasteiger partial charge in [-0.15, -0.1) is 0 Å². The first-order valence-corrected chi connectivity index (χ1v) is 8.76. The molecule has 0 aliphatic rings. The molecule has 2 unspecified atom stereocenters. The average molecular weight is 422 g/mol. The van der Waals surface area contributed by atoms with Gasteiger partial charge >= 0.3 is 5.97 Å². The first kappa shape index (κ1) is 19.8. The number of carbonyl (C=O) groups excluding carboxylic acids is 2. The highest BCUT2D eigenvalue weighted by molar-refractivity contribution is 9.10. The molecule has 1 N–H and O–H groups in total.